The van der Waals surface area contributed by atoms with Gasteiger partial charge in [0.05, 0.1) is 12.1 Å². The summed E-state index contributed by atoms with van der Waals surface area (Å²) < 4.78 is 1.65. The van der Waals surface area contributed by atoms with E-state index in [9.17, 15) is 9.59 Å². The standard InChI is InChI=1S/C10H17N3O2/c1-6(2)9(14)11-5-8-7(3)13(4)12-10(8)15/h6H,5H2,1-4H3,(H,11,14)(H,12,15). The van der Waals surface area contributed by atoms with Crippen molar-refractivity contribution >= 4 is 5.91 Å². The lowest BCUT2D eigenvalue weighted by molar-refractivity contribution is -0.124. The molecule has 0 aromatic carbocycles. The first-order valence-electron chi connectivity index (χ1n) is 4.95. The van der Waals surface area contributed by atoms with E-state index in [1.807, 2.05) is 20.8 Å². The Morgan fingerprint density at radius 2 is 2.13 bits per heavy atom. The van der Waals surface area contributed by atoms with Crippen molar-refractivity contribution in [1.29, 1.82) is 0 Å². The number of aryl methyl sites for hydroxylation is 1. The molecule has 0 aliphatic carbocycles. The topological polar surface area (TPSA) is 66.9 Å². The number of aromatic amines is 1. The minimum Gasteiger partial charge on any atom is -0.352 e. The molecule has 15 heavy (non-hydrogen) atoms. The molecule has 5 heteroatoms. The molecule has 2 N–H and O–H groups in total. The van der Waals surface area contributed by atoms with Crippen molar-refractivity contribution in [2.24, 2.45) is 13.0 Å². The highest BCUT2D eigenvalue weighted by Gasteiger charge is 2.11. The van der Waals surface area contributed by atoms with Crippen molar-refractivity contribution in [2.75, 3.05) is 0 Å². The average Bonchev–Trinajstić information content (AvgIpc) is 2.38. The van der Waals surface area contributed by atoms with Gasteiger partial charge >= 0.3 is 0 Å². The molecule has 0 radical (unpaired) electrons. The van der Waals surface area contributed by atoms with E-state index in [-0.39, 0.29) is 17.4 Å². The molecule has 1 aromatic rings. The molecule has 1 aromatic heterocycles. The smallest absolute Gasteiger partial charge is 0.269 e. The second-order valence-corrected chi connectivity index (χ2v) is 3.94. The van der Waals surface area contributed by atoms with Crippen LogP contribution in [0.3, 0.4) is 0 Å². The van der Waals surface area contributed by atoms with Gasteiger partial charge in [-0.15, -0.1) is 0 Å². The van der Waals surface area contributed by atoms with E-state index in [2.05, 4.69) is 10.4 Å². The molecule has 0 bridgehead atoms. The second kappa shape index (κ2) is 4.33. The maximum atomic E-state index is 11.4. The zero-order chi connectivity index (χ0) is 11.6. The van der Waals surface area contributed by atoms with Crippen LogP contribution < -0.4 is 10.9 Å². The molecular formula is C10H17N3O2. The van der Waals surface area contributed by atoms with Gasteiger partial charge in [0, 0.05) is 18.7 Å². The predicted octanol–water partition coefficient (Wildman–Crippen LogP) is 0.294. The summed E-state index contributed by atoms with van der Waals surface area (Å²) in [5, 5.41) is 5.36. The number of H-pyrrole nitrogens is 1. The van der Waals surface area contributed by atoms with Gasteiger partial charge in [-0.2, -0.15) is 0 Å². The SMILES string of the molecule is Cc1c(CNC(=O)C(C)C)c(=O)[nH]n1C. The summed E-state index contributed by atoms with van der Waals surface area (Å²) in [6, 6.07) is 0. The number of amides is 1. The molecule has 84 valence electrons. The summed E-state index contributed by atoms with van der Waals surface area (Å²) >= 11 is 0. The van der Waals surface area contributed by atoms with Crippen LogP contribution >= 0.6 is 0 Å². The van der Waals surface area contributed by atoms with Crippen molar-refractivity contribution in [3.05, 3.63) is 21.6 Å². The lowest BCUT2D eigenvalue weighted by atomic mass is 10.2. The highest BCUT2D eigenvalue weighted by molar-refractivity contribution is 5.77. The largest absolute Gasteiger partial charge is 0.352 e. The molecule has 0 unspecified atom stereocenters. The van der Waals surface area contributed by atoms with Crippen LogP contribution in [0.5, 0.6) is 0 Å². The van der Waals surface area contributed by atoms with Crippen LogP contribution in [0, 0.1) is 12.8 Å². The Balaban J connectivity index is 2.74. The molecule has 0 aliphatic heterocycles. The number of aromatic nitrogens is 2. The molecule has 0 spiro atoms. The fourth-order valence-corrected chi connectivity index (χ4v) is 1.26. The Morgan fingerprint density at radius 1 is 1.53 bits per heavy atom. The summed E-state index contributed by atoms with van der Waals surface area (Å²) in [6.07, 6.45) is 0. The molecule has 0 saturated heterocycles. The van der Waals surface area contributed by atoms with Gasteiger partial charge in [-0.1, -0.05) is 13.8 Å². The van der Waals surface area contributed by atoms with E-state index in [0.717, 1.165) is 5.69 Å². The van der Waals surface area contributed by atoms with Crippen LogP contribution in [0.15, 0.2) is 4.79 Å². The number of carbonyl (C=O) groups excluding carboxylic acids is 1. The highest BCUT2D eigenvalue weighted by atomic mass is 16.2. The highest BCUT2D eigenvalue weighted by Crippen LogP contribution is 2.00. The van der Waals surface area contributed by atoms with Crippen LogP contribution in [-0.4, -0.2) is 15.7 Å². The number of hydrogen-bond donors (Lipinski definition) is 2. The maximum absolute atomic E-state index is 11.4. The zero-order valence-electron chi connectivity index (χ0n) is 9.55. The molecule has 5 nitrogen and oxygen atoms in total. The summed E-state index contributed by atoms with van der Waals surface area (Å²) in [6.45, 7) is 5.77. The lowest BCUT2D eigenvalue weighted by Crippen LogP contribution is -2.29. The number of rotatable bonds is 3. The Kier molecular flexibility index (Phi) is 3.34. The van der Waals surface area contributed by atoms with Crippen molar-refractivity contribution in [2.45, 2.75) is 27.3 Å². The van der Waals surface area contributed by atoms with Gasteiger partial charge in [0.2, 0.25) is 5.91 Å². The van der Waals surface area contributed by atoms with E-state index in [4.69, 9.17) is 0 Å². The van der Waals surface area contributed by atoms with Crippen LogP contribution in [0.2, 0.25) is 0 Å². The van der Waals surface area contributed by atoms with Gasteiger partial charge in [-0.3, -0.25) is 19.4 Å². The van der Waals surface area contributed by atoms with Crippen molar-refractivity contribution < 1.29 is 4.79 Å². The molecule has 0 saturated carbocycles. The average molecular weight is 211 g/mol. The predicted molar refractivity (Wildman–Crippen MR) is 57.5 cm³/mol. The Hall–Kier alpha value is -1.52. The lowest BCUT2D eigenvalue weighted by Gasteiger charge is -2.06. The van der Waals surface area contributed by atoms with Crippen LogP contribution in [0.25, 0.3) is 0 Å². The number of carbonyl (C=O) groups is 1. The van der Waals surface area contributed by atoms with E-state index in [0.29, 0.717) is 12.1 Å². The van der Waals surface area contributed by atoms with Crippen LogP contribution in [0.4, 0.5) is 0 Å². The molecule has 0 aliphatic rings. The summed E-state index contributed by atoms with van der Waals surface area (Å²) in [4.78, 5) is 22.7. The zero-order valence-corrected chi connectivity index (χ0v) is 9.55. The Morgan fingerprint density at radius 3 is 2.53 bits per heavy atom. The number of nitrogens with one attached hydrogen (secondary N) is 2. The van der Waals surface area contributed by atoms with Gasteiger partial charge in [-0.25, -0.2) is 0 Å². The first kappa shape index (κ1) is 11.6. The van der Waals surface area contributed by atoms with E-state index >= 15 is 0 Å². The monoisotopic (exact) mass is 211 g/mol. The van der Waals surface area contributed by atoms with E-state index < -0.39 is 0 Å². The second-order valence-electron chi connectivity index (χ2n) is 3.94. The van der Waals surface area contributed by atoms with Crippen molar-refractivity contribution in [3.63, 3.8) is 0 Å². The van der Waals surface area contributed by atoms with Crippen LogP contribution in [-0.2, 0) is 18.4 Å². The van der Waals surface area contributed by atoms with E-state index in [1.54, 1.807) is 11.7 Å². The molecule has 0 atom stereocenters. The fourth-order valence-electron chi connectivity index (χ4n) is 1.26. The van der Waals surface area contributed by atoms with E-state index in [1.165, 1.54) is 0 Å². The number of hydrogen-bond acceptors (Lipinski definition) is 2. The Bertz CT molecular complexity index is 415. The van der Waals surface area contributed by atoms with Gasteiger partial charge in [0.25, 0.3) is 5.56 Å². The third-order valence-electron chi connectivity index (χ3n) is 2.45. The normalized spacial score (nSPS) is 10.7. The molecule has 1 amide bonds. The van der Waals surface area contributed by atoms with Crippen molar-refractivity contribution in [3.8, 4) is 0 Å². The van der Waals surface area contributed by atoms with Gasteiger partial charge in [0.1, 0.15) is 0 Å². The van der Waals surface area contributed by atoms with Gasteiger partial charge in [-0.05, 0) is 6.92 Å². The van der Waals surface area contributed by atoms with Gasteiger partial charge < -0.3 is 5.32 Å². The minimum absolute atomic E-state index is 0.0438. The quantitative estimate of drug-likeness (QED) is 0.754. The molecule has 0 fully saturated rings. The van der Waals surface area contributed by atoms with Crippen molar-refractivity contribution in [1.82, 2.24) is 15.1 Å². The first-order valence-corrected chi connectivity index (χ1v) is 4.95. The Labute approximate surface area is 88.5 Å². The summed E-state index contributed by atoms with van der Waals surface area (Å²) in [7, 11) is 1.77. The third-order valence-corrected chi connectivity index (χ3v) is 2.45. The minimum atomic E-state index is -0.140. The molecular weight excluding hydrogens is 194 g/mol. The summed E-state index contributed by atoms with van der Waals surface area (Å²) in [5.74, 6) is -0.106. The molecule has 1 rings (SSSR count). The summed E-state index contributed by atoms with van der Waals surface area (Å²) in [5.41, 5.74) is 1.33. The third kappa shape index (κ3) is 2.49. The number of nitrogens with zero attached hydrogens (tertiary/aromatic N) is 1. The van der Waals surface area contributed by atoms with Crippen LogP contribution in [0.1, 0.15) is 25.1 Å². The fraction of sp³-hybridized carbons (Fsp3) is 0.600. The van der Waals surface area contributed by atoms with Gasteiger partial charge in [0.15, 0.2) is 0 Å². The first-order chi connectivity index (χ1) is 6.93. The maximum Gasteiger partial charge on any atom is 0.269 e. The molecule has 1 heterocycles.